The van der Waals surface area contributed by atoms with Gasteiger partial charge < -0.3 is 14.6 Å². The fourth-order valence-corrected chi connectivity index (χ4v) is 2.21. The van der Waals surface area contributed by atoms with Crippen LogP contribution in [0.2, 0.25) is 0 Å². The van der Waals surface area contributed by atoms with Gasteiger partial charge in [0.25, 0.3) is 0 Å². The molecule has 3 N–H and O–H groups in total. The van der Waals surface area contributed by atoms with Gasteiger partial charge in [-0.25, -0.2) is 0 Å². The largest absolute Gasteiger partial charge is 0.594 e. The molecule has 114 valence electrons. The van der Waals surface area contributed by atoms with E-state index in [4.69, 9.17) is 15.6 Å². The van der Waals surface area contributed by atoms with E-state index in [0.717, 1.165) is 12.1 Å². The zero-order valence-electron chi connectivity index (χ0n) is 10.5. The van der Waals surface area contributed by atoms with Gasteiger partial charge in [0.2, 0.25) is 0 Å². The Bertz CT molecular complexity index is 838. The third-order valence-electron chi connectivity index (χ3n) is 2.72. The first kappa shape index (κ1) is 15.4. The van der Waals surface area contributed by atoms with E-state index >= 15 is 0 Å². The van der Waals surface area contributed by atoms with Crippen molar-refractivity contribution in [1.29, 1.82) is 11.1 Å². The van der Waals surface area contributed by atoms with Crippen LogP contribution in [0.15, 0.2) is 29.4 Å². The van der Waals surface area contributed by atoms with Crippen LogP contribution in [0, 0.1) is 26.4 Å². The smallest absolute Gasteiger partial charge is 0.357 e. The highest BCUT2D eigenvalue weighted by Crippen LogP contribution is 2.42. The summed E-state index contributed by atoms with van der Waals surface area (Å²) in [4.78, 5) is 9.76. The van der Waals surface area contributed by atoms with Crippen LogP contribution >= 0.6 is 0 Å². The maximum Gasteiger partial charge on any atom is 0.357 e. The maximum atomic E-state index is 11.4. The number of nitroso groups, excluding NO2 is 1. The molecule has 1 unspecified atom stereocenters. The molecule has 0 saturated heterocycles. The molecular formula is C10H7N5O6S. The van der Waals surface area contributed by atoms with Gasteiger partial charge in [0, 0.05) is 5.39 Å². The van der Waals surface area contributed by atoms with E-state index in [-0.39, 0.29) is 27.1 Å². The van der Waals surface area contributed by atoms with Crippen molar-refractivity contribution in [3.05, 3.63) is 39.6 Å². The number of hydrogen-bond donors (Lipinski definition) is 3. The molecule has 2 aromatic rings. The molecule has 0 fully saturated rings. The summed E-state index contributed by atoms with van der Waals surface area (Å²) in [7, 11) is 0. The zero-order chi connectivity index (χ0) is 16.4. The van der Waals surface area contributed by atoms with Crippen LogP contribution in [0.3, 0.4) is 0 Å². The van der Waals surface area contributed by atoms with Gasteiger partial charge in [0.1, 0.15) is 5.69 Å². The molecule has 11 nitrogen and oxygen atoms in total. The van der Waals surface area contributed by atoms with E-state index in [1.54, 1.807) is 0 Å². The van der Waals surface area contributed by atoms with Crippen molar-refractivity contribution in [1.82, 2.24) is 0 Å². The van der Waals surface area contributed by atoms with E-state index in [1.807, 2.05) is 0 Å². The molecule has 12 heteroatoms. The van der Waals surface area contributed by atoms with Crippen LogP contribution in [-0.2, 0) is 11.4 Å². The molecule has 0 aliphatic carbocycles. The number of benzene rings is 2. The summed E-state index contributed by atoms with van der Waals surface area (Å²) in [5.74, 6) is -0.324. The summed E-state index contributed by atoms with van der Waals surface area (Å²) in [6, 6.07) is 4.42. The van der Waals surface area contributed by atoms with Crippen molar-refractivity contribution in [2.24, 2.45) is 5.18 Å². The van der Waals surface area contributed by atoms with Gasteiger partial charge >= 0.3 is 22.7 Å². The number of nitrogens with one attached hydrogen (secondary N) is 2. The van der Waals surface area contributed by atoms with Crippen LogP contribution < -0.4 is 4.18 Å². The number of fused-ring (bicyclic) bond motifs is 1. The highest BCUT2D eigenvalue weighted by molar-refractivity contribution is 7.74. The first-order chi connectivity index (χ1) is 10.3. The normalized spacial score (nSPS) is 11.9. The van der Waals surface area contributed by atoms with E-state index < -0.39 is 27.6 Å². The molecule has 0 heterocycles. The fourth-order valence-electron chi connectivity index (χ4n) is 1.92. The van der Waals surface area contributed by atoms with Gasteiger partial charge in [-0.3, -0.25) is 4.55 Å². The lowest BCUT2D eigenvalue weighted by atomic mass is 10.1. The Morgan fingerprint density at radius 1 is 1.18 bits per heavy atom. The average molecular weight is 325 g/mol. The molecule has 0 aliphatic heterocycles. The van der Waals surface area contributed by atoms with Crippen LogP contribution in [0.1, 0.15) is 0 Å². The Kier molecular flexibility index (Phi) is 4.05. The van der Waals surface area contributed by atoms with Crippen LogP contribution in [0.4, 0.5) is 17.1 Å². The Morgan fingerprint density at radius 2 is 1.86 bits per heavy atom. The lowest BCUT2D eigenvalue weighted by molar-refractivity contribution is -0.499. The first-order valence-corrected chi connectivity index (χ1v) is 6.48. The minimum absolute atomic E-state index is 0.00759. The maximum absolute atomic E-state index is 11.4. The molecule has 0 aliphatic rings. The predicted molar refractivity (Wildman–Crippen MR) is 72.8 cm³/mol. The molecule has 0 spiro atoms. The minimum Gasteiger partial charge on any atom is -0.594 e. The second-order valence-electron chi connectivity index (χ2n) is 3.95. The van der Waals surface area contributed by atoms with Gasteiger partial charge in [-0.1, -0.05) is 9.72 Å². The van der Waals surface area contributed by atoms with Crippen molar-refractivity contribution in [2.75, 3.05) is 0 Å². The topological polar surface area (TPSA) is 176 Å². The van der Waals surface area contributed by atoms with E-state index in [1.165, 1.54) is 12.1 Å². The molecule has 0 bridgehead atoms. The molecular weight excluding hydrogens is 318 g/mol. The lowest BCUT2D eigenvalue weighted by Gasteiger charge is -2.09. The van der Waals surface area contributed by atoms with Crippen LogP contribution in [0.5, 0.6) is 5.75 Å². The quantitative estimate of drug-likeness (QED) is 0.250. The number of nitrogens with zero attached hydrogens (tertiary/aromatic N) is 3. The van der Waals surface area contributed by atoms with Crippen LogP contribution in [-0.4, -0.2) is 18.5 Å². The summed E-state index contributed by atoms with van der Waals surface area (Å²) in [5, 5.41) is 25.3. The lowest BCUT2D eigenvalue weighted by Crippen LogP contribution is -2.02. The fraction of sp³-hybridized carbons (Fsp3) is 0. The van der Waals surface area contributed by atoms with E-state index in [0.29, 0.717) is 0 Å². The number of hydrogen-bond acceptors (Lipinski definition) is 8. The molecule has 2 aromatic carbocycles. The Hall–Kier alpha value is -2.99. The van der Waals surface area contributed by atoms with Crippen molar-refractivity contribution in [3.8, 4) is 5.75 Å². The number of rotatable bonds is 5. The minimum atomic E-state index is -2.75. The summed E-state index contributed by atoms with van der Waals surface area (Å²) in [5.41, 5.74) is 13.1. The first-order valence-electron chi connectivity index (χ1n) is 5.45. The highest BCUT2D eigenvalue weighted by Gasteiger charge is 2.27. The molecule has 1 atom stereocenters. The Labute approximate surface area is 124 Å². The second-order valence-corrected chi connectivity index (χ2v) is 4.55. The van der Waals surface area contributed by atoms with Crippen molar-refractivity contribution < 1.29 is 22.7 Å². The molecule has 0 saturated carbocycles. The summed E-state index contributed by atoms with van der Waals surface area (Å²) in [6.45, 7) is 0. The van der Waals surface area contributed by atoms with E-state index in [9.17, 15) is 19.5 Å². The molecule has 22 heavy (non-hydrogen) atoms. The SMILES string of the molecule is N=[N+]([O-])c1cc(OS(=O)O)c2cc(N=O)ccc2c1[N+](=N)[O-]. The van der Waals surface area contributed by atoms with Gasteiger partial charge in [-0.2, -0.15) is 4.21 Å². The Morgan fingerprint density at radius 3 is 2.36 bits per heavy atom. The summed E-state index contributed by atoms with van der Waals surface area (Å²) in [6.07, 6.45) is 0. The monoisotopic (exact) mass is 325 g/mol. The van der Waals surface area contributed by atoms with Gasteiger partial charge in [-0.05, 0) is 34.4 Å². The third-order valence-corrected chi connectivity index (χ3v) is 3.04. The highest BCUT2D eigenvalue weighted by atomic mass is 32.2. The van der Waals surface area contributed by atoms with Crippen molar-refractivity contribution in [2.45, 2.75) is 0 Å². The molecule has 2 rings (SSSR count). The van der Waals surface area contributed by atoms with Gasteiger partial charge in [0.15, 0.2) is 5.75 Å². The second kappa shape index (κ2) is 5.79. The summed E-state index contributed by atoms with van der Waals surface area (Å²) >= 11 is -2.75. The van der Waals surface area contributed by atoms with Gasteiger partial charge in [0.05, 0.1) is 11.5 Å². The van der Waals surface area contributed by atoms with E-state index in [2.05, 4.69) is 9.36 Å². The molecule has 0 aromatic heterocycles. The standard InChI is InChI=1S/C10H7N5O6S/c11-14(17)8-4-9(21-22(19)20)7-3-5(13-16)1-2-6(7)10(8)15(12)18/h1-4,11-12H,(H,19,20). The van der Waals surface area contributed by atoms with Crippen molar-refractivity contribution in [3.63, 3.8) is 0 Å². The van der Waals surface area contributed by atoms with Crippen molar-refractivity contribution >= 4 is 39.2 Å². The predicted octanol–water partition coefficient (Wildman–Crippen LogP) is 3.10. The Balaban J connectivity index is 2.95. The summed E-state index contributed by atoms with van der Waals surface area (Å²) < 4.78 is 24.2. The zero-order valence-corrected chi connectivity index (χ0v) is 11.4. The molecule has 0 radical (unpaired) electrons. The molecule has 0 amide bonds. The van der Waals surface area contributed by atoms with Crippen LogP contribution in [0.25, 0.3) is 10.8 Å². The van der Waals surface area contributed by atoms with Gasteiger partial charge in [-0.15, -0.1) is 4.91 Å². The third kappa shape index (κ3) is 2.72. The average Bonchev–Trinajstić information content (AvgIpc) is 2.45.